The molecule has 0 fully saturated rings. The fourth-order valence-electron chi connectivity index (χ4n) is 2.12. The summed E-state index contributed by atoms with van der Waals surface area (Å²) < 4.78 is 1.68. The van der Waals surface area contributed by atoms with Crippen molar-refractivity contribution in [3.63, 3.8) is 0 Å². The van der Waals surface area contributed by atoms with Gasteiger partial charge in [0.05, 0.1) is 5.69 Å². The Hall–Kier alpha value is -2.63. The second-order valence-corrected chi connectivity index (χ2v) is 5.20. The SMILES string of the molecule is Cc1ccc(-n2cnc(C#N)c2C#N)c(CNC(C)C)c1. The summed E-state index contributed by atoms with van der Waals surface area (Å²) in [5.74, 6) is 0. The van der Waals surface area contributed by atoms with E-state index < -0.39 is 0 Å². The van der Waals surface area contributed by atoms with E-state index >= 15 is 0 Å². The van der Waals surface area contributed by atoms with Crippen molar-refractivity contribution in [2.75, 3.05) is 0 Å². The van der Waals surface area contributed by atoms with Gasteiger partial charge < -0.3 is 5.32 Å². The van der Waals surface area contributed by atoms with Crippen LogP contribution < -0.4 is 5.32 Å². The number of aromatic nitrogens is 2. The van der Waals surface area contributed by atoms with Crippen LogP contribution >= 0.6 is 0 Å². The number of nitrogens with zero attached hydrogens (tertiary/aromatic N) is 4. The zero-order chi connectivity index (χ0) is 15.4. The van der Waals surface area contributed by atoms with Crippen molar-refractivity contribution in [1.82, 2.24) is 14.9 Å². The molecule has 0 bridgehead atoms. The normalized spacial score (nSPS) is 10.4. The first-order chi connectivity index (χ1) is 10.1. The van der Waals surface area contributed by atoms with E-state index in [1.807, 2.05) is 25.1 Å². The lowest BCUT2D eigenvalue weighted by Crippen LogP contribution is -2.22. The third kappa shape index (κ3) is 3.10. The van der Waals surface area contributed by atoms with Crippen molar-refractivity contribution in [3.8, 4) is 17.8 Å². The monoisotopic (exact) mass is 279 g/mol. The zero-order valence-electron chi connectivity index (χ0n) is 12.4. The molecule has 0 aliphatic heterocycles. The molecule has 1 aromatic heterocycles. The van der Waals surface area contributed by atoms with Crippen LogP contribution in [0.3, 0.4) is 0 Å². The fraction of sp³-hybridized carbons (Fsp3) is 0.312. The maximum atomic E-state index is 9.27. The van der Waals surface area contributed by atoms with Gasteiger partial charge >= 0.3 is 0 Å². The Morgan fingerprint density at radius 3 is 2.67 bits per heavy atom. The van der Waals surface area contributed by atoms with E-state index in [1.165, 1.54) is 6.33 Å². The second kappa shape index (κ2) is 6.21. The smallest absolute Gasteiger partial charge is 0.177 e. The van der Waals surface area contributed by atoms with Crippen LogP contribution in [0.5, 0.6) is 0 Å². The molecule has 2 rings (SSSR count). The topological polar surface area (TPSA) is 77.4 Å². The average Bonchev–Trinajstić information content (AvgIpc) is 2.87. The quantitative estimate of drug-likeness (QED) is 0.932. The molecule has 0 radical (unpaired) electrons. The minimum atomic E-state index is 0.154. The van der Waals surface area contributed by atoms with Gasteiger partial charge in [0.25, 0.3) is 0 Å². The summed E-state index contributed by atoms with van der Waals surface area (Å²) in [6, 6.07) is 10.4. The molecule has 0 spiro atoms. The summed E-state index contributed by atoms with van der Waals surface area (Å²) >= 11 is 0. The number of rotatable bonds is 4. The third-order valence-electron chi connectivity index (χ3n) is 3.17. The Labute approximate surface area is 124 Å². The number of hydrogen-bond acceptors (Lipinski definition) is 4. The molecular weight excluding hydrogens is 262 g/mol. The van der Waals surface area contributed by atoms with E-state index in [9.17, 15) is 5.26 Å². The van der Waals surface area contributed by atoms with Crippen molar-refractivity contribution in [2.45, 2.75) is 33.4 Å². The molecule has 5 heteroatoms. The van der Waals surface area contributed by atoms with Gasteiger partial charge in [-0.1, -0.05) is 31.5 Å². The Balaban J connectivity index is 2.52. The molecule has 1 aromatic carbocycles. The summed E-state index contributed by atoms with van der Waals surface area (Å²) in [6.45, 7) is 6.89. The molecule has 0 saturated heterocycles. The molecule has 106 valence electrons. The molecule has 0 aliphatic carbocycles. The fourth-order valence-corrected chi connectivity index (χ4v) is 2.12. The van der Waals surface area contributed by atoms with E-state index in [2.05, 4.69) is 36.3 Å². The maximum Gasteiger partial charge on any atom is 0.177 e. The van der Waals surface area contributed by atoms with Crippen LogP contribution in [0, 0.1) is 29.6 Å². The number of imidazole rings is 1. The van der Waals surface area contributed by atoms with Crippen LogP contribution in [-0.4, -0.2) is 15.6 Å². The van der Waals surface area contributed by atoms with Crippen LogP contribution in [0.15, 0.2) is 24.5 Å². The molecule has 0 saturated carbocycles. The van der Waals surface area contributed by atoms with Gasteiger partial charge in [0.1, 0.15) is 18.5 Å². The van der Waals surface area contributed by atoms with Crippen molar-refractivity contribution in [2.24, 2.45) is 0 Å². The molecule has 21 heavy (non-hydrogen) atoms. The summed E-state index contributed by atoms with van der Waals surface area (Å²) in [6.07, 6.45) is 1.53. The van der Waals surface area contributed by atoms with Crippen LogP contribution in [0.1, 0.15) is 36.4 Å². The first-order valence-electron chi connectivity index (χ1n) is 6.77. The van der Waals surface area contributed by atoms with Gasteiger partial charge in [-0.2, -0.15) is 10.5 Å². The van der Waals surface area contributed by atoms with Gasteiger partial charge in [-0.05, 0) is 18.6 Å². The molecule has 0 aliphatic rings. The highest BCUT2D eigenvalue weighted by atomic mass is 15.1. The van der Waals surface area contributed by atoms with E-state index in [-0.39, 0.29) is 11.4 Å². The van der Waals surface area contributed by atoms with Gasteiger partial charge in [-0.15, -0.1) is 0 Å². The lowest BCUT2D eigenvalue weighted by molar-refractivity contribution is 0.587. The molecule has 2 aromatic rings. The van der Waals surface area contributed by atoms with Crippen molar-refractivity contribution in [3.05, 3.63) is 47.0 Å². The van der Waals surface area contributed by atoms with Crippen LogP contribution in [0.4, 0.5) is 0 Å². The van der Waals surface area contributed by atoms with Gasteiger partial charge in [0, 0.05) is 12.6 Å². The highest BCUT2D eigenvalue weighted by Crippen LogP contribution is 2.20. The molecule has 0 atom stereocenters. The summed E-state index contributed by atoms with van der Waals surface area (Å²) in [4.78, 5) is 4.00. The lowest BCUT2D eigenvalue weighted by atomic mass is 10.1. The van der Waals surface area contributed by atoms with Crippen molar-refractivity contribution >= 4 is 0 Å². The Kier molecular flexibility index (Phi) is 4.37. The third-order valence-corrected chi connectivity index (χ3v) is 3.17. The predicted octanol–water partition coefficient (Wildman–Crippen LogP) is 2.42. The molecule has 0 unspecified atom stereocenters. The molecule has 0 amide bonds. The number of nitrogens with one attached hydrogen (secondary N) is 1. The predicted molar refractivity (Wildman–Crippen MR) is 79.7 cm³/mol. The number of hydrogen-bond donors (Lipinski definition) is 1. The van der Waals surface area contributed by atoms with Crippen LogP contribution in [0.25, 0.3) is 5.69 Å². The molecule has 1 heterocycles. The van der Waals surface area contributed by atoms with E-state index in [1.54, 1.807) is 4.57 Å². The van der Waals surface area contributed by atoms with Crippen molar-refractivity contribution < 1.29 is 0 Å². The number of nitriles is 2. The standard InChI is InChI=1S/C16H17N5/c1-11(2)19-9-13-6-12(3)4-5-15(13)21-10-20-14(7-17)16(21)8-18/h4-6,10-11,19H,9H2,1-3H3. The maximum absolute atomic E-state index is 9.27. The zero-order valence-corrected chi connectivity index (χ0v) is 12.4. The van der Waals surface area contributed by atoms with E-state index in [0.29, 0.717) is 12.6 Å². The first kappa shape index (κ1) is 14.8. The van der Waals surface area contributed by atoms with Crippen LogP contribution in [0.2, 0.25) is 0 Å². The Morgan fingerprint density at radius 2 is 2.05 bits per heavy atom. The largest absolute Gasteiger partial charge is 0.310 e. The minimum Gasteiger partial charge on any atom is -0.310 e. The van der Waals surface area contributed by atoms with Gasteiger partial charge in [-0.25, -0.2) is 4.98 Å². The van der Waals surface area contributed by atoms with Gasteiger partial charge in [-0.3, -0.25) is 4.57 Å². The summed E-state index contributed by atoms with van der Waals surface area (Å²) in [5, 5.41) is 21.7. The summed E-state index contributed by atoms with van der Waals surface area (Å²) in [5.41, 5.74) is 3.52. The average molecular weight is 279 g/mol. The Bertz CT molecular complexity index is 728. The van der Waals surface area contributed by atoms with Crippen molar-refractivity contribution in [1.29, 1.82) is 10.5 Å². The number of aryl methyl sites for hydroxylation is 1. The molecular formula is C16H17N5. The Morgan fingerprint density at radius 1 is 1.29 bits per heavy atom. The molecule has 1 N–H and O–H groups in total. The lowest BCUT2D eigenvalue weighted by Gasteiger charge is -2.14. The first-order valence-corrected chi connectivity index (χ1v) is 6.77. The summed E-state index contributed by atoms with van der Waals surface area (Å²) in [7, 11) is 0. The van der Waals surface area contributed by atoms with Gasteiger partial charge in [0.15, 0.2) is 11.4 Å². The molecule has 5 nitrogen and oxygen atoms in total. The minimum absolute atomic E-state index is 0.154. The second-order valence-electron chi connectivity index (χ2n) is 5.20. The van der Waals surface area contributed by atoms with E-state index in [4.69, 9.17) is 5.26 Å². The highest BCUT2D eigenvalue weighted by molar-refractivity contribution is 5.49. The highest BCUT2D eigenvalue weighted by Gasteiger charge is 2.14. The number of benzene rings is 1. The van der Waals surface area contributed by atoms with E-state index in [0.717, 1.165) is 16.8 Å². The van der Waals surface area contributed by atoms with Gasteiger partial charge in [0.2, 0.25) is 0 Å². The van der Waals surface area contributed by atoms with Crippen LogP contribution in [-0.2, 0) is 6.54 Å².